The van der Waals surface area contributed by atoms with Crippen molar-refractivity contribution in [1.29, 1.82) is 0 Å². The fourth-order valence-electron chi connectivity index (χ4n) is 1.86. The van der Waals surface area contributed by atoms with E-state index in [2.05, 4.69) is 11.9 Å². The highest BCUT2D eigenvalue weighted by Gasteiger charge is 2.19. The highest BCUT2D eigenvalue weighted by Crippen LogP contribution is 2.32. The molecule has 13 heavy (non-hydrogen) atoms. The van der Waals surface area contributed by atoms with E-state index in [-0.39, 0.29) is 0 Å². The molecule has 1 nitrogen and oxygen atoms in total. The molecule has 2 rings (SSSR count). The van der Waals surface area contributed by atoms with E-state index in [0.717, 1.165) is 5.92 Å². The van der Waals surface area contributed by atoms with Gasteiger partial charge >= 0.3 is 0 Å². The summed E-state index contributed by atoms with van der Waals surface area (Å²) in [7, 11) is 0. The van der Waals surface area contributed by atoms with E-state index in [9.17, 15) is 0 Å². The Morgan fingerprint density at radius 2 is 2.38 bits per heavy atom. The van der Waals surface area contributed by atoms with Crippen molar-refractivity contribution in [3.05, 3.63) is 16.1 Å². The third-order valence-corrected chi connectivity index (χ3v) is 3.81. The smallest absolute Gasteiger partial charge is 0.0797 e. The first-order valence-electron chi connectivity index (χ1n) is 5.31. The molecule has 1 aromatic rings. The SMILES string of the molecule is CCCc1ncsc1CC1CCC1. The van der Waals surface area contributed by atoms with E-state index >= 15 is 0 Å². The van der Waals surface area contributed by atoms with Gasteiger partial charge < -0.3 is 0 Å². The van der Waals surface area contributed by atoms with Crippen molar-refractivity contribution in [3.8, 4) is 0 Å². The van der Waals surface area contributed by atoms with Crippen molar-refractivity contribution in [2.45, 2.75) is 45.4 Å². The normalized spacial score (nSPS) is 17.3. The Morgan fingerprint density at radius 3 is 3.00 bits per heavy atom. The highest BCUT2D eigenvalue weighted by atomic mass is 32.1. The van der Waals surface area contributed by atoms with Crippen molar-refractivity contribution in [1.82, 2.24) is 4.98 Å². The first-order chi connectivity index (χ1) is 6.40. The lowest BCUT2D eigenvalue weighted by atomic mass is 9.82. The van der Waals surface area contributed by atoms with Gasteiger partial charge in [-0.15, -0.1) is 11.3 Å². The van der Waals surface area contributed by atoms with Gasteiger partial charge in [0.15, 0.2) is 0 Å². The lowest BCUT2D eigenvalue weighted by Gasteiger charge is -2.24. The average molecular weight is 195 g/mol. The van der Waals surface area contributed by atoms with Gasteiger partial charge in [0.1, 0.15) is 0 Å². The second-order valence-corrected chi connectivity index (χ2v) is 4.91. The summed E-state index contributed by atoms with van der Waals surface area (Å²) >= 11 is 1.86. The van der Waals surface area contributed by atoms with Gasteiger partial charge in [-0.05, 0) is 18.8 Å². The van der Waals surface area contributed by atoms with E-state index in [1.54, 1.807) is 4.88 Å². The van der Waals surface area contributed by atoms with Gasteiger partial charge in [0, 0.05) is 4.88 Å². The number of nitrogens with zero attached hydrogens (tertiary/aromatic N) is 1. The minimum Gasteiger partial charge on any atom is -0.249 e. The maximum Gasteiger partial charge on any atom is 0.0797 e. The van der Waals surface area contributed by atoms with E-state index in [1.807, 2.05) is 16.8 Å². The van der Waals surface area contributed by atoms with Gasteiger partial charge in [0.2, 0.25) is 0 Å². The molecule has 1 saturated carbocycles. The minimum absolute atomic E-state index is 0.982. The second kappa shape index (κ2) is 4.23. The molecule has 0 bridgehead atoms. The third kappa shape index (κ3) is 2.11. The Hall–Kier alpha value is -0.370. The van der Waals surface area contributed by atoms with Crippen LogP contribution >= 0.6 is 11.3 Å². The van der Waals surface area contributed by atoms with Gasteiger partial charge in [0.05, 0.1) is 11.2 Å². The van der Waals surface area contributed by atoms with Crippen molar-refractivity contribution >= 4 is 11.3 Å². The number of hydrogen-bond acceptors (Lipinski definition) is 2. The first kappa shape index (κ1) is 9.20. The van der Waals surface area contributed by atoms with Crippen LogP contribution in [0.25, 0.3) is 0 Å². The van der Waals surface area contributed by atoms with Crippen molar-refractivity contribution < 1.29 is 0 Å². The molecule has 0 amide bonds. The molecule has 1 fully saturated rings. The number of aryl methyl sites for hydroxylation is 1. The molecule has 0 spiro atoms. The van der Waals surface area contributed by atoms with Gasteiger partial charge in [0.25, 0.3) is 0 Å². The molecule has 0 radical (unpaired) electrons. The van der Waals surface area contributed by atoms with Gasteiger partial charge in [-0.25, -0.2) is 4.98 Å². The van der Waals surface area contributed by atoms with Crippen LogP contribution in [-0.4, -0.2) is 4.98 Å². The topological polar surface area (TPSA) is 12.9 Å². The van der Waals surface area contributed by atoms with Crippen LogP contribution in [0.4, 0.5) is 0 Å². The number of rotatable bonds is 4. The van der Waals surface area contributed by atoms with Crippen LogP contribution in [0.15, 0.2) is 5.51 Å². The standard InChI is InChI=1S/C11H17NS/c1-2-4-10-11(13-8-12-10)7-9-5-3-6-9/h8-9H,2-7H2,1H3. The van der Waals surface area contributed by atoms with Crippen molar-refractivity contribution in [2.75, 3.05) is 0 Å². The maximum atomic E-state index is 4.44. The minimum atomic E-state index is 0.982. The summed E-state index contributed by atoms with van der Waals surface area (Å²) < 4.78 is 0. The van der Waals surface area contributed by atoms with Crippen LogP contribution in [0.2, 0.25) is 0 Å². The molecule has 1 aromatic heterocycles. The molecule has 1 aliphatic carbocycles. The number of hydrogen-bond donors (Lipinski definition) is 0. The van der Waals surface area contributed by atoms with Gasteiger partial charge in [-0.3, -0.25) is 0 Å². The molecule has 72 valence electrons. The Bertz CT molecular complexity index is 263. The zero-order chi connectivity index (χ0) is 9.10. The Labute approximate surface area is 84.2 Å². The number of thiazole rings is 1. The molecule has 0 aliphatic heterocycles. The quantitative estimate of drug-likeness (QED) is 0.717. The summed E-state index contributed by atoms with van der Waals surface area (Å²) in [5.74, 6) is 0.982. The first-order valence-corrected chi connectivity index (χ1v) is 6.19. The molecular weight excluding hydrogens is 178 g/mol. The molecular formula is C11H17NS. The predicted octanol–water partition coefficient (Wildman–Crippen LogP) is 3.44. The van der Waals surface area contributed by atoms with Crippen molar-refractivity contribution in [2.24, 2.45) is 5.92 Å². The molecule has 1 heterocycles. The molecule has 1 aliphatic rings. The zero-order valence-corrected chi connectivity index (χ0v) is 9.07. The average Bonchev–Trinajstić information content (AvgIpc) is 2.46. The summed E-state index contributed by atoms with van der Waals surface area (Å²) in [6.45, 7) is 2.23. The molecule has 0 aromatic carbocycles. The Kier molecular flexibility index (Phi) is 2.99. The molecule has 0 unspecified atom stereocenters. The molecule has 0 saturated heterocycles. The summed E-state index contributed by atoms with van der Waals surface area (Å²) in [5, 5.41) is 0. The van der Waals surface area contributed by atoms with E-state index in [0.29, 0.717) is 0 Å². The van der Waals surface area contributed by atoms with Crippen LogP contribution in [0, 0.1) is 5.92 Å². The fraction of sp³-hybridized carbons (Fsp3) is 0.727. The largest absolute Gasteiger partial charge is 0.249 e. The number of aromatic nitrogens is 1. The van der Waals surface area contributed by atoms with Gasteiger partial charge in [-0.2, -0.15) is 0 Å². The zero-order valence-electron chi connectivity index (χ0n) is 8.25. The Morgan fingerprint density at radius 1 is 1.54 bits per heavy atom. The van der Waals surface area contributed by atoms with Crippen molar-refractivity contribution in [3.63, 3.8) is 0 Å². The third-order valence-electron chi connectivity index (χ3n) is 2.91. The van der Waals surface area contributed by atoms with Crippen LogP contribution in [-0.2, 0) is 12.8 Å². The van der Waals surface area contributed by atoms with Crippen LogP contribution in [0.1, 0.15) is 43.2 Å². The molecule has 0 N–H and O–H groups in total. The molecule has 2 heteroatoms. The van der Waals surface area contributed by atoms with E-state index in [4.69, 9.17) is 0 Å². The highest BCUT2D eigenvalue weighted by molar-refractivity contribution is 7.09. The Balaban J connectivity index is 1.96. The van der Waals surface area contributed by atoms with Gasteiger partial charge in [-0.1, -0.05) is 32.6 Å². The fourth-order valence-corrected chi connectivity index (χ4v) is 2.79. The summed E-state index contributed by atoms with van der Waals surface area (Å²) in [5.41, 5.74) is 3.39. The van der Waals surface area contributed by atoms with E-state index < -0.39 is 0 Å². The van der Waals surface area contributed by atoms with Crippen LogP contribution in [0.5, 0.6) is 0 Å². The lowest BCUT2D eigenvalue weighted by Crippen LogP contribution is -2.13. The monoisotopic (exact) mass is 195 g/mol. The van der Waals surface area contributed by atoms with Crippen LogP contribution in [0.3, 0.4) is 0 Å². The molecule has 0 atom stereocenters. The summed E-state index contributed by atoms with van der Waals surface area (Å²) in [6.07, 6.45) is 8.05. The lowest BCUT2D eigenvalue weighted by molar-refractivity contribution is 0.315. The maximum absolute atomic E-state index is 4.44. The van der Waals surface area contributed by atoms with E-state index in [1.165, 1.54) is 44.2 Å². The summed E-state index contributed by atoms with van der Waals surface area (Å²) in [6, 6.07) is 0. The summed E-state index contributed by atoms with van der Waals surface area (Å²) in [4.78, 5) is 6.00. The van der Waals surface area contributed by atoms with Crippen LogP contribution < -0.4 is 0 Å². The predicted molar refractivity (Wildman–Crippen MR) is 57.2 cm³/mol. The second-order valence-electron chi connectivity index (χ2n) is 3.97.